The Morgan fingerprint density at radius 1 is 0.958 bits per heavy atom. The maximum Gasteiger partial charge on any atom is 0.321 e. The van der Waals surface area contributed by atoms with Gasteiger partial charge in [0, 0.05) is 37.2 Å². The number of carboxylic acid groups (broad SMARTS) is 1. The van der Waals surface area contributed by atoms with Gasteiger partial charge < -0.3 is 10.0 Å². The lowest BCUT2D eigenvalue weighted by atomic mass is 9.87. The number of aliphatic carboxylic acids is 1. The standard InChI is InChI=1S/C41H51FN4O2/c1-5-46-39(25-36(43-46)22-29-14-16-31(17-15-29)30-10-7-6-8-11-30)32-18-20-45(21-19-32)27-34-24-37(44(4)40(28(2)3)41(47)48)26-38(34)33-12-9-13-35(42)23-33/h6-17,23,25,28,32,34,37-38,40H,5,18-22,24,26-27H2,1-4H3,(H,47,48)/t34-,37?,38-,40-/m1/s1. The van der Waals surface area contributed by atoms with E-state index in [0.717, 1.165) is 69.5 Å². The van der Waals surface area contributed by atoms with Crippen LogP contribution < -0.4 is 0 Å². The first-order valence-corrected chi connectivity index (χ1v) is 17.8. The lowest BCUT2D eigenvalue weighted by Gasteiger charge is -2.35. The largest absolute Gasteiger partial charge is 0.480 e. The van der Waals surface area contributed by atoms with Crippen molar-refractivity contribution in [2.24, 2.45) is 11.8 Å². The molecule has 1 unspecified atom stereocenters. The van der Waals surface area contributed by atoms with Crippen molar-refractivity contribution in [1.29, 1.82) is 0 Å². The molecule has 0 bridgehead atoms. The molecule has 48 heavy (non-hydrogen) atoms. The predicted octanol–water partition coefficient (Wildman–Crippen LogP) is 8.08. The van der Waals surface area contributed by atoms with E-state index in [9.17, 15) is 14.3 Å². The Hall–Kier alpha value is -3.81. The van der Waals surface area contributed by atoms with Gasteiger partial charge in [0.2, 0.25) is 0 Å². The third kappa shape index (κ3) is 7.74. The van der Waals surface area contributed by atoms with Gasteiger partial charge in [0.1, 0.15) is 11.9 Å². The smallest absolute Gasteiger partial charge is 0.321 e. The number of hydrogen-bond donors (Lipinski definition) is 1. The summed E-state index contributed by atoms with van der Waals surface area (Å²) in [5, 5.41) is 15.0. The van der Waals surface area contributed by atoms with Crippen LogP contribution in [0.5, 0.6) is 0 Å². The Kier molecular flexibility index (Phi) is 10.8. The summed E-state index contributed by atoms with van der Waals surface area (Å²) < 4.78 is 16.6. The zero-order valence-corrected chi connectivity index (χ0v) is 28.9. The average Bonchev–Trinajstić information content (AvgIpc) is 3.70. The van der Waals surface area contributed by atoms with Crippen LogP contribution in [0.4, 0.5) is 4.39 Å². The van der Waals surface area contributed by atoms with Gasteiger partial charge in [0.05, 0.1) is 5.69 Å². The first-order valence-electron chi connectivity index (χ1n) is 17.8. The average molecular weight is 651 g/mol. The Morgan fingerprint density at radius 3 is 2.31 bits per heavy atom. The predicted molar refractivity (Wildman–Crippen MR) is 191 cm³/mol. The summed E-state index contributed by atoms with van der Waals surface area (Å²) in [6, 6.07) is 28.3. The Morgan fingerprint density at radius 2 is 1.67 bits per heavy atom. The molecule has 0 amide bonds. The van der Waals surface area contributed by atoms with Crippen molar-refractivity contribution in [3.8, 4) is 11.1 Å². The Labute approximate surface area is 285 Å². The molecule has 1 saturated heterocycles. The number of halogens is 1. The summed E-state index contributed by atoms with van der Waals surface area (Å²) in [6.07, 6.45) is 4.78. The number of aromatic nitrogens is 2. The van der Waals surface area contributed by atoms with Crippen LogP contribution in [0.3, 0.4) is 0 Å². The molecule has 254 valence electrons. The number of likely N-dealkylation sites (N-methyl/N-ethyl adjacent to an activating group) is 1. The van der Waals surface area contributed by atoms with Gasteiger partial charge in [-0.2, -0.15) is 5.10 Å². The number of likely N-dealkylation sites (tertiary alicyclic amines) is 1. The topological polar surface area (TPSA) is 61.6 Å². The summed E-state index contributed by atoms with van der Waals surface area (Å²) in [4.78, 5) is 16.8. The summed E-state index contributed by atoms with van der Waals surface area (Å²) in [5.74, 6) is 0.0697. The quantitative estimate of drug-likeness (QED) is 0.168. The number of rotatable bonds is 12. The molecule has 1 N–H and O–H groups in total. The van der Waals surface area contributed by atoms with Crippen LogP contribution in [0.25, 0.3) is 11.1 Å². The van der Waals surface area contributed by atoms with Gasteiger partial charge in [-0.25, -0.2) is 4.39 Å². The lowest BCUT2D eigenvalue weighted by molar-refractivity contribution is -0.145. The van der Waals surface area contributed by atoms with Gasteiger partial charge in [0.15, 0.2) is 0 Å². The van der Waals surface area contributed by atoms with Gasteiger partial charge in [-0.1, -0.05) is 80.6 Å². The highest BCUT2D eigenvalue weighted by Gasteiger charge is 2.42. The van der Waals surface area contributed by atoms with E-state index >= 15 is 0 Å². The molecule has 2 heterocycles. The molecular weight excluding hydrogens is 599 g/mol. The van der Waals surface area contributed by atoms with E-state index in [0.29, 0.717) is 11.8 Å². The van der Waals surface area contributed by atoms with Crippen molar-refractivity contribution in [3.63, 3.8) is 0 Å². The maximum atomic E-state index is 14.4. The minimum Gasteiger partial charge on any atom is -0.480 e. The fraction of sp³-hybridized carbons (Fsp3) is 0.463. The van der Waals surface area contributed by atoms with Gasteiger partial charge in [-0.15, -0.1) is 0 Å². The first kappa shape index (κ1) is 34.1. The highest BCUT2D eigenvalue weighted by Crippen LogP contribution is 2.43. The highest BCUT2D eigenvalue weighted by atomic mass is 19.1. The molecule has 6 nitrogen and oxygen atoms in total. The maximum absolute atomic E-state index is 14.4. The number of nitrogens with zero attached hydrogens (tertiary/aromatic N) is 4. The molecular formula is C41H51FN4O2. The molecule has 2 aliphatic rings. The van der Waals surface area contributed by atoms with E-state index in [4.69, 9.17) is 5.10 Å². The normalized spacial score (nSPS) is 21.3. The van der Waals surface area contributed by atoms with Crippen molar-refractivity contribution in [1.82, 2.24) is 19.6 Å². The molecule has 1 aromatic heterocycles. The molecule has 2 fully saturated rings. The number of piperidine rings is 1. The molecule has 1 saturated carbocycles. The zero-order valence-electron chi connectivity index (χ0n) is 28.9. The zero-order chi connectivity index (χ0) is 33.8. The number of carbonyl (C=O) groups is 1. The number of benzene rings is 3. The van der Waals surface area contributed by atoms with Gasteiger partial charge in [-0.05, 0) is 111 Å². The Bertz CT molecular complexity index is 1640. The van der Waals surface area contributed by atoms with Crippen molar-refractivity contribution in [2.45, 2.75) is 83.3 Å². The van der Waals surface area contributed by atoms with E-state index < -0.39 is 12.0 Å². The van der Waals surface area contributed by atoms with Crippen molar-refractivity contribution < 1.29 is 14.3 Å². The van der Waals surface area contributed by atoms with E-state index in [1.54, 1.807) is 6.07 Å². The molecule has 0 radical (unpaired) electrons. The molecule has 1 aliphatic heterocycles. The number of aryl methyl sites for hydroxylation is 1. The molecule has 6 rings (SSSR count). The molecule has 4 aromatic rings. The fourth-order valence-corrected chi connectivity index (χ4v) is 8.48. The second-order valence-corrected chi connectivity index (χ2v) is 14.4. The van der Waals surface area contributed by atoms with E-state index in [1.807, 2.05) is 39.1 Å². The van der Waals surface area contributed by atoms with Gasteiger partial charge in [-0.3, -0.25) is 14.4 Å². The van der Waals surface area contributed by atoms with Crippen LogP contribution in [-0.2, 0) is 17.8 Å². The van der Waals surface area contributed by atoms with Crippen LogP contribution in [0.15, 0.2) is 84.9 Å². The molecule has 3 aromatic carbocycles. The third-order valence-corrected chi connectivity index (χ3v) is 11.0. The highest BCUT2D eigenvalue weighted by molar-refractivity contribution is 5.73. The van der Waals surface area contributed by atoms with Crippen LogP contribution in [-0.4, -0.2) is 69.4 Å². The number of hydrogen-bond acceptors (Lipinski definition) is 4. The van der Waals surface area contributed by atoms with E-state index in [2.05, 4.69) is 76.0 Å². The minimum atomic E-state index is -0.768. The second kappa shape index (κ2) is 15.2. The van der Waals surface area contributed by atoms with Crippen LogP contribution >= 0.6 is 0 Å². The second-order valence-electron chi connectivity index (χ2n) is 14.4. The Balaban J connectivity index is 1.10. The van der Waals surface area contributed by atoms with Gasteiger partial charge >= 0.3 is 5.97 Å². The van der Waals surface area contributed by atoms with Crippen LogP contribution in [0, 0.1) is 17.7 Å². The third-order valence-electron chi connectivity index (χ3n) is 11.0. The van der Waals surface area contributed by atoms with Crippen LogP contribution in [0.1, 0.15) is 80.8 Å². The summed E-state index contributed by atoms with van der Waals surface area (Å²) >= 11 is 0. The molecule has 7 heteroatoms. The molecule has 4 atom stereocenters. The van der Waals surface area contributed by atoms with Crippen molar-refractivity contribution in [2.75, 3.05) is 26.7 Å². The fourth-order valence-electron chi connectivity index (χ4n) is 8.48. The SMILES string of the molecule is CCn1nc(Cc2ccc(-c3ccccc3)cc2)cc1C1CCN(C[C@H]2CC(N(C)[C@@H](C(=O)O)C(C)C)C[C@@H]2c2cccc(F)c2)CC1. The minimum absolute atomic E-state index is 0.00969. The summed E-state index contributed by atoms with van der Waals surface area (Å²) in [6.45, 7) is 9.99. The van der Waals surface area contributed by atoms with E-state index in [1.165, 1.54) is 28.5 Å². The molecule has 0 spiro atoms. The first-order chi connectivity index (χ1) is 23.2. The number of carboxylic acids is 1. The summed E-state index contributed by atoms with van der Waals surface area (Å²) in [7, 11) is 1.96. The summed E-state index contributed by atoms with van der Waals surface area (Å²) in [5.41, 5.74) is 7.25. The monoisotopic (exact) mass is 650 g/mol. The van der Waals surface area contributed by atoms with Crippen molar-refractivity contribution in [3.05, 3.63) is 113 Å². The van der Waals surface area contributed by atoms with E-state index in [-0.39, 0.29) is 23.7 Å². The van der Waals surface area contributed by atoms with Crippen molar-refractivity contribution >= 4 is 5.97 Å². The van der Waals surface area contributed by atoms with Gasteiger partial charge in [0.25, 0.3) is 0 Å². The lowest BCUT2D eigenvalue weighted by Crippen LogP contribution is -2.47. The molecule has 1 aliphatic carbocycles. The van der Waals surface area contributed by atoms with Crippen LogP contribution in [0.2, 0.25) is 0 Å².